The minimum atomic E-state index is -1.92. The maximum Gasteiger partial charge on any atom is 0.117 e. The van der Waals surface area contributed by atoms with E-state index in [-0.39, 0.29) is 0 Å². The summed E-state index contributed by atoms with van der Waals surface area (Å²) < 4.78 is 0. The molecule has 0 fully saturated rings. The highest BCUT2D eigenvalue weighted by Gasteiger charge is 2.48. The average molecular weight is 424 g/mol. The molecule has 1 heteroatoms. The summed E-state index contributed by atoms with van der Waals surface area (Å²) in [6, 6.07) is 33.6. The summed E-state index contributed by atoms with van der Waals surface area (Å²) in [4.78, 5) is 0. The first-order valence-corrected chi connectivity index (χ1v) is 13.0. The quantitative estimate of drug-likeness (QED) is 0.313. The van der Waals surface area contributed by atoms with Gasteiger partial charge in [0.15, 0.2) is 0 Å². The maximum absolute atomic E-state index is 2.35. The molecule has 0 N–H and O–H groups in total. The Bertz CT molecular complexity index is 1110. The Labute approximate surface area is 188 Å². The molecule has 0 aliphatic rings. The molecule has 0 amide bonds. The Hall–Kier alpha value is -2.69. The lowest BCUT2D eigenvalue weighted by Crippen LogP contribution is -2.36. The second-order valence-corrected chi connectivity index (χ2v) is 12.0. The van der Waals surface area contributed by atoms with Gasteiger partial charge in [-0.15, -0.1) is 0 Å². The van der Waals surface area contributed by atoms with Gasteiger partial charge in [-0.1, -0.05) is 66.7 Å². The summed E-state index contributed by atoms with van der Waals surface area (Å²) in [5.74, 6) is 0. The minimum absolute atomic E-state index is 1.03. The highest BCUT2D eigenvalue weighted by Crippen LogP contribution is 2.60. The van der Waals surface area contributed by atoms with Gasteiger partial charge in [-0.3, -0.25) is 0 Å². The van der Waals surface area contributed by atoms with Crippen molar-refractivity contribution in [3.63, 3.8) is 0 Å². The fourth-order valence-electron chi connectivity index (χ4n) is 4.94. The Kier molecular flexibility index (Phi) is 6.12. The van der Waals surface area contributed by atoms with Crippen molar-refractivity contribution in [2.45, 2.75) is 40.8 Å². The standard InChI is InChI=1S/C30H32P/c1-22-23(2)25(4)30(26(5)24(22)3)31(28-17-11-7-12-18-28,29-19-13-8-14-20-29)21-27-15-9-6-10-16-27/h6-20H,21H2,1-5H3/q+1. The van der Waals surface area contributed by atoms with Crippen LogP contribution in [0, 0.1) is 34.6 Å². The van der Waals surface area contributed by atoms with Crippen LogP contribution in [0.25, 0.3) is 0 Å². The topological polar surface area (TPSA) is 0 Å². The molecule has 0 bridgehead atoms. The van der Waals surface area contributed by atoms with Gasteiger partial charge in [-0.05, 0) is 92.3 Å². The summed E-state index contributed by atoms with van der Waals surface area (Å²) in [6.45, 7) is 11.6. The molecule has 0 aliphatic carbocycles. The zero-order valence-electron chi connectivity index (χ0n) is 19.3. The molecule has 0 radical (unpaired) electrons. The van der Waals surface area contributed by atoms with Crippen molar-refractivity contribution >= 4 is 23.2 Å². The van der Waals surface area contributed by atoms with Gasteiger partial charge < -0.3 is 0 Å². The van der Waals surface area contributed by atoms with Gasteiger partial charge in [0.1, 0.15) is 23.2 Å². The Balaban J connectivity index is 2.16. The van der Waals surface area contributed by atoms with Crippen molar-refractivity contribution in [3.8, 4) is 0 Å². The third-order valence-electron chi connectivity index (χ3n) is 7.00. The molecule has 4 aromatic carbocycles. The van der Waals surface area contributed by atoms with E-state index in [1.807, 2.05) is 0 Å². The molecule has 4 aromatic rings. The third-order valence-corrected chi connectivity index (χ3v) is 11.6. The van der Waals surface area contributed by atoms with Gasteiger partial charge in [-0.25, -0.2) is 0 Å². The van der Waals surface area contributed by atoms with Crippen LogP contribution in [0.3, 0.4) is 0 Å². The molecule has 4 rings (SSSR count). The number of hydrogen-bond donors (Lipinski definition) is 0. The van der Waals surface area contributed by atoms with Crippen LogP contribution in [0.15, 0.2) is 91.0 Å². The van der Waals surface area contributed by atoms with Crippen molar-refractivity contribution in [1.29, 1.82) is 0 Å². The van der Waals surface area contributed by atoms with E-state index >= 15 is 0 Å². The van der Waals surface area contributed by atoms with E-state index in [2.05, 4.69) is 126 Å². The van der Waals surface area contributed by atoms with Crippen LogP contribution >= 0.6 is 7.26 Å². The van der Waals surface area contributed by atoms with Gasteiger partial charge in [0.05, 0.1) is 6.16 Å². The van der Waals surface area contributed by atoms with Crippen LogP contribution in [0.4, 0.5) is 0 Å². The molecule has 156 valence electrons. The lowest BCUT2D eigenvalue weighted by molar-refractivity contribution is 1.19. The lowest BCUT2D eigenvalue weighted by atomic mass is 9.95. The SMILES string of the molecule is Cc1c(C)c(C)c([P+](Cc2ccccc2)(c2ccccc2)c2ccccc2)c(C)c1C. The maximum atomic E-state index is 2.35. The van der Waals surface area contributed by atoms with E-state index in [0.717, 1.165) is 6.16 Å². The van der Waals surface area contributed by atoms with Gasteiger partial charge in [0.2, 0.25) is 0 Å². The fraction of sp³-hybridized carbons (Fsp3) is 0.200. The molecule has 0 saturated heterocycles. The summed E-state index contributed by atoms with van der Waals surface area (Å²) >= 11 is 0. The second-order valence-electron chi connectivity index (χ2n) is 8.60. The Morgan fingerprint density at radius 2 is 0.806 bits per heavy atom. The van der Waals surface area contributed by atoms with E-state index in [9.17, 15) is 0 Å². The van der Waals surface area contributed by atoms with Gasteiger partial charge in [-0.2, -0.15) is 0 Å². The molecule has 0 aromatic heterocycles. The van der Waals surface area contributed by atoms with Crippen LogP contribution in [0.5, 0.6) is 0 Å². The highest BCUT2D eigenvalue weighted by molar-refractivity contribution is 7.95. The zero-order valence-corrected chi connectivity index (χ0v) is 20.2. The van der Waals surface area contributed by atoms with Crippen LogP contribution in [0.1, 0.15) is 33.4 Å². The first-order valence-electron chi connectivity index (χ1n) is 11.1. The van der Waals surface area contributed by atoms with E-state index in [1.165, 1.54) is 44.0 Å². The van der Waals surface area contributed by atoms with Crippen LogP contribution < -0.4 is 15.9 Å². The van der Waals surface area contributed by atoms with E-state index < -0.39 is 7.26 Å². The summed E-state index contributed by atoms with van der Waals surface area (Å²) in [5.41, 5.74) is 8.61. The van der Waals surface area contributed by atoms with Crippen molar-refractivity contribution in [3.05, 3.63) is 124 Å². The molecule has 0 nitrogen and oxygen atoms in total. The first kappa shape index (κ1) is 21.5. The number of benzene rings is 4. The van der Waals surface area contributed by atoms with Crippen molar-refractivity contribution in [2.24, 2.45) is 0 Å². The second kappa shape index (κ2) is 8.81. The first-order chi connectivity index (χ1) is 15.0. The van der Waals surface area contributed by atoms with Crippen molar-refractivity contribution in [2.75, 3.05) is 0 Å². The summed E-state index contributed by atoms with van der Waals surface area (Å²) in [6.07, 6.45) is 1.03. The molecule has 0 atom stereocenters. The average Bonchev–Trinajstić information content (AvgIpc) is 2.82. The van der Waals surface area contributed by atoms with E-state index in [4.69, 9.17) is 0 Å². The fourth-order valence-corrected chi connectivity index (χ4v) is 9.88. The molecule has 0 heterocycles. The largest absolute Gasteiger partial charge is 0.117 e. The van der Waals surface area contributed by atoms with Crippen LogP contribution in [-0.4, -0.2) is 0 Å². The van der Waals surface area contributed by atoms with Crippen LogP contribution in [-0.2, 0) is 6.16 Å². The number of hydrogen-bond acceptors (Lipinski definition) is 0. The molecular weight excluding hydrogens is 391 g/mol. The van der Waals surface area contributed by atoms with Crippen molar-refractivity contribution < 1.29 is 0 Å². The molecule has 0 aliphatic heterocycles. The third kappa shape index (κ3) is 3.75. The molecule has 0 saturated carbocycles. The summed E-state index contributed by atoms with van der Waals surface area (Å²) in [7, 11) is -1.92. The van der Waals surface area contributed by atoms with Crippen LogP contribution in [0.2, 0.25) is 0 Å². The van der Waals surface area contributed by atoms with Gasteiger partial charge >= 0.3 is 0 Å². The monoisotopic (exact) mass is 423 g/mol. The lowest BCUT2D eigenvalue weighted by Gasteiger charge is -2.32. The smallest absolute Gasteiger partial charge is 0.0622 e. The Morgan fingerprint density at radius 3 is 1.23 bits per heavy atom. The predicted octanol–water partition coefficient (Wildman–Crippen LogP) is 6.72. The van der Waals surface area contributed by atoms with E-state index in [1.54, 1.807) is 5.30 Å². The molecule has 31 heavy (non-hydrogen) atoms. The Morgan fingerprint density at radius 1 is 0.452 bits per heavy atom. The minimum Gasteiger partial charge on any atom is -0.0622 e. The molecule has 0 spiro atoms. The van der Waals surface area contributed by atoms with E-state index in [0.29, 0.717) is 0 Å². The van der Waals surface area contributed by atoms with Gasteiger partial charge in [0.25, 0.3) is 0 Å². The molecular formula is C30H32P+. The van der Waals surface area contributed by atoms with Gasteiger partial charge in [0, 0.05) is 0 Å². The summed E-state index contributed by atoms with van der Waals surface area (Å²) in [5, 5.41) is 4.48. The molecule has 0 unspecified atom stereocenters. The zero-order chi connectivity index (χ0) is 22.0. The normalized spacial score (nSPS) is 11.5. The van der Waals surface area contributed by atoms with Crippen molar-refractivity contribution in [1.82, 2.24) is 0 Å². The highest BCUT2D eigenvalue weighted by atomic mass is 31.2. The predicted molar refractivity (Wildman–Crippen MR) is 139 cm³/mol. The number of rotatable bonds is 5.